The molecule has 0 fully saturated rings. The van der Waals surface area contributed by atoms with Crippen LogP contribution in [0.5, 0.6) is 0 Å². The molecule has 4 heteroatoms. The van der Waals surface area contributed by atoms with Crippen LogP contribution in [0.25, 0.3) is 0 Å². The highest BCUT2D eigenvalue weighted by Crippen LogP contribution is 2.40. The van der Waals surface area contributed by atoms with Crippen molar-refractivity contribution in [3.8, 4) is 0 Å². The van der Waals surface area contributed by atoms with E-state index in [9.17, 15) is 9.59 Å². The summed E-state index contributed by atoms with van der Waals surface area (Å²) >= 11 is 6.84. The van der Waals surface area contributed by atoms with Crippen LogP contribution < -0.4 is 0 Å². The number of halogens is 2. The minimum absolute atomic E-state index is 0.131. The third-order valence-electron chi connectivity index (χ3n) is 3.27. The van der Waals surface area contributed by atoms with Crippen LogP contribution in [-0.4, -0.2) is 11.6 Å². The number of carbonyl (C=O) groups is 2. The van der Waals surface area contributed by atoms with Crippen LogP contribution >= 0.6 is 31.9 Å². The Hall–Kier alpha value is -1.26. The van der Waals surface area contributed by atoms with Gasteiger partial charge < -0.3 is 0 Å². The monoisotopic (exact) mass is 378 g/mol. The molecule has 0 unspecified atom stereocenters. The fourth-order valence-corrected chi connectivity index (χ4v) is 3.85. The zero-order valence-corrected chi connectivity index (χ0v) is 12.9. The van der Waals surface area contributed by atoms with Crippen molar-refractivity contribution in [1.82, 2.24) is 0 Å². The van der Waals surface area contributed by atoms with E-state index in [1.807, 2.05) is 18.2 Å². The van der Waals surface area contributed by atoms with E-state index in [-0.39, 0.29) is 11.6 Å². The van der Waals surface area contributed by atoms with Crippen LogP contribution in [0.2, 0.25) is 0 Å². The van der Waals surface area contributed by atoms with Gasteiger partial charge in [-0.3, -0.25) is 9.59 Å². The van der Waals surface area contributed by atoms with E-state index in [1.165, 1.54) is 0 Å². The number of benzene rings is 2. The molecular formula is C15H8Br2O2. The van der Waals surface area contributed by atoms with Crippen LogP contribution in [0.1, 0.15) is 32.2 Å². The Bertz CT molecular complexity index is 652. The molecule has 2 aromatic rings. The highest BCUT2D eigenvalue weighted by molar-refractivity contribution is 9.11. The number of Topliss-reactive ketones (excluding diaryl/α,β-unsaturated/α-hetero) is 2. The lowest BCUT2D eigenvalue weighted by Gasteiger charge is -2.12. The third-order valence-corrected chi connectivity index (χ3v) is 4.65. The van der Waals surface area contributed by atoms with Gasteiger partial charge in [-0.05, 0) is 17.7 Å². The van der Waals surface area contributed by atoms with Gasteiger partial charge in [-0.1, -0.05) is 62.2 Å². The molecule has 0 radical (unpaired) electrons. The zero-order chi connectivity index (χ0) is 13.6. The van der Waals surface area contributed by atoms with Crippen molar-refractivity contribution in [2.75, 3.05) is 0 Å². The van der Waals surface area contributed by atoms with E-state index in [1.54, 1.807) is 24.3 Å². The predicted octanol–water partition coefficient (Wildman–Crippen LogP) is 4.37. The summed E-state index contributed by atoms with van der Waals surface area (Å²) in [5.74, 6) is -1.01. The van der Waals surface area contributed by atoms with Crippen molar-refractivity contribution in [1.29, 1.82) is 0 Å². The zero-order valence-electron chi connectivity index (χ0n) is 9.69. The summed E-state index contributed by atoms with van der Waals surface area (Å²) in [5, 5.41) is 0. The minimum Gasteiger partial charge on any atom is -0.293 e. The van der Waals surface area contributed by atoms with Crippen LogP contribution in [0.4, 0.5) is 0 Å². The number of carbonyl (C=O) groups excluding carboxylic acids is 2. The summed E-state index contributed by atoms with van der Waals surface area (Å²) in [4.78, 5) is 24.9. The van der Waals surface area contributed by atoms with E-state index < -0.39 is 5.92 Å². The van der Waals surface area contributed by atoms with E-state index in [0.29, 0.717) is 16.7 Å². The summed E-state index contributed by atoms with van der Waals surface area (Å²) in [5.41, 5.74) is 1.73. The van der Waals surface area contributed by atoms with Crippen molar-refractivity contribution in [2.24, 2.45) is 0 Å². The summed E-state index contributed by atoms with van der Waals surface area (Å²) < 4.78 is 1.53. The van der Waals surface area contributed by atoms with Gasteiger partial charge in [0.15, 0.2) is 11.6 Å². The van der Waals surface area contributed by atoms with Gasteiger partial charge in [-0.2, -0.15) is 0 Å². The normalized spacial score (nSPS) is 14.8. The van der Waals surface area contributed by atoms with Crippen molar-refractivity contribution in [2.45, 2.75) is 5.92 Å². The first-order chi connectivity index (χ1) is 9.11. The van der Waals surface area contributed by atoms with Gasteiger partial charge in [-0.15, -0.1) is 0 Å². The first kappa shape index (κ1) is 12.8. The quantitative estimate of drug-likeness (QED) is 0.689. The smallest absolute Gasteiger partial charge is 0.178 e. The Balaban J connectivity index is 2.20. The molecule has 0 saturated carbocycles. The van der Waals surface area contributed by atoms with Crippen LogP contribution in [0.15, 0.2) is 51.4 Å². The maximum absolute atomic E-state index is 12.4. The Labute approximate surface area is 127 Å². The maximum atomic E-state index is 12.4. The summed E-state index contributed by atoms with van der Waals surface area (Å²) in [7, 11) is 0. The summed E-state index contributed by atoms with van der Waals surface area (Å²) in [6.07, 6.45) is 0. The molecule has 0 aliphatic heterocycles. The molecular weight excluding hydrogens is 372 g/mol. The topological polar surface area (TPSA) is 34.1 Å². The molecule has 0 spiro atoms. The Kier molecular flexibility index (Phi) is 3.15. The molecule has 1 aliphatic carbocycles. The second-order valence-corrected chi connectivity index (χ2v) is 6.05. The Morgan fingerprint density at radius 2 is 1.21 bits per heavy atom. The first-order valence-corrected chi connectivity index (χ1v) is 7.31. The predicted molar refractivity (Wildman–Crippen MR) is 79.7 cm³/mol. The number of fused-ring (bicyclic) bond motifs is 1. The van der Waals surface area contributed by atoms with E-state index in [2.05, 4.69) is 31.9 Å². The molecule has 0 bridgehead atoms. The van der Waals surface area contributed by atoms with Gasteiger partial charge in [0, 0.05) is 20.1 Å². The average molecular weight is 380 g/mol. The molecule has 0 atom stereocenters. The number of hydrogen-bond acceptors (Lipinski definition) is 2. The van der Waals surface area contributed by atoms with Crippen molar-refractivity contribution < 1.29 is 9.59 Å². The van der Waals surface area contributed by atoms with Crippen LogP contribution in [-0.2, 0) is 0 Å². The fraction of sp³-hybridized carbons (Fsp3) is 0.0667. The third kappa shape index (κ3) is 1.90. The van der Waals surface area contributed by atoms with Crippen LogP contribution in [0, 0.1) is 0 Å². The lowest BCUT2D eigenvalue weighted by Crippen LogP contribution is -2.14. The molecule has 0 N–H and O–H groups in total. The number of hydrogen-bond donors (Lipinski definition) is 0. The molecule has 1 aliphatic rings. The minimum atomic E-state index is -0.748. The molecule has 0 amide bonds. The second-order valence-electron chi connectivity index (χ2n) is 4.34. The SMILES string of the molecule is O=C1c2ccccc2C(=O)C1c1c(Br)cccc1Br. The largest absolute Gasteiger partial charge is 0.293 e. The average Bonchev–Trinajstić information content (AvgIpc) is 2.64. The van der Waals surface area contributed by atoms with Gasteiger partial charge in [-0.25, -0.2) is 0 Å². The van der Waals surface area contributed by atoms with Crippen molar-refractivity contribution in [3.63, 3.8) is 0 Å². The molecule has 2 aromatic carbocycles. The van der Waals surface area contributed by atoms with Gasteiger partial charge in [0.05, 0.1) is 0 Å². The molecule has 2 nitrogen and oxygen atoms in total. The first-order valence-electron chi connectivity index (χ1n) is 5.72. The Morgan fingerprint density at radius 3 is 1.68 bits per heavy atom. The molecule has 0 aromatic heterocycles. The lowest BCUT2D eigenvalue weighted by atomic mass is 9.94. The van der Waals surface area contributed by atoms with Gasteiger partial charge in [0.25, 0.3) is 0 Å². The van der Waals surface area contributed by atoms with Gasteiger partial charge in [0.2, 0.25) is 0 Å². The summed E-state index contributed by atoms with van der Waals surface area (Å²) in [6, 6.07) is 12.5. The summed E-state index contributed by atoms with van der Waals surface area (Å²) in [6.45, 7) is 0. The Morgan fingerprint density at radius 1 is 0.737 bits per heavy atom. The fourth-order valence-electron chi connectivity index (χ4n) is 2.39. The molecule has 94 valence electrons. The van der Waals surface area contributed by atoms with Crippen LogP contribution in [0.3, 0.4) is 0 Å². The second kappa shape index (κ2) is 4.69. The van der Waals surface area contributed by atoms with Crippen molar-refractivity contribution >= 4 is 43.4 Å². The number of ketones is 2. The maximum Gasteiger partial charge on any atom is 0.178 e. The molecule has 0 heterocycles. The molecule has 0 saturated heterocycles. The highest BCUT2D eigenvalue weighted by Gasteiger charge is 2.40. The lowest BCUT2D eigenvalue weighted by molar-refractivity contribution is 0.0889. The van der Waals surface area contributed by atoms with Gasteiger partial charge in [0.1, 0.15) is 5.92 Å². The van der Waals surface area contributed by atoms with Crippen molar-refractivity contribution in [3.05, 3.63) is 68.1 Å². The van der Waals surface area contributed by atoms with E-state index in [4.69, 9.17) is 0 Å². The highest BCUT2D eigenvalue weighted by atomic mass is 79.9. The standard InChI is InChI=1S/C15H8Br2O2/c16-10-6-3-7-11(17)12(10)13-14(18)8-4-1-2-5-9(8)15(13)19/h1-7,13H. The molecule has 19 heavy (non-hydrogen) atoms. The number of rotatable bonds is 1. The van der Waals surface area contributed by atoms with E-state index >= 15 is 0 Å². The molecule has 3 rings (SSSR count). The van der Waals surface area contributed by atoms with E-state index in [0.717, 1.165) is 8.95 Å². The van der Waals surface area contributed by atoms with Gasteiger partial charge >= 0.3 is 0 Å².